The van der Waals surface area contributed by atoms with Gasteiger partial charge in [0, 0.05) is 18.2 Å². The molecule has 0 radical (unpaired) electrons. The smallest absolute Gasteiger partial charge is 0.193 e. The van der Waals surface area contributed by atoms with Gasteiger partial charge in [-0.1, -0.05) is 36.4 Å². The monoisotopic (exact) mass is 285 g/mol. The average Bonchev–Trinajstić information content (AvgIpc) is 2.49. The van der Waals surface area contributed by atoms with Crippen LogP contribution in [0, 0.1) is 0 Å². The van der Waals surface area contributed by atoms with Crippen LogP contribution in [0.15, 0.2) is 66.3 Å². The zero-order valence-corrected chi connectivity index (χ0v) is 12.0. The van der Waals surface area contributed by atoms with Crippen LogP contribution < -0.4 is 5.73 Å². The molecule has 0 fully saturated rings. The number of ether oxygens (including phenoxy) is 1. The summed E-state index contributed by atoms with van der Waals surface area (Å²) in [5.41, 5.74) is 5.53. The number of carbonyl (C=O) groups excluding carboxylic acids is 1. The molecule has 0 aromatic heterocycles. The van der Waals surface area contributed by atoms with E-state index in [1.54, 1.807) is 42.5 Å². The second-order valence-electron chi connectivity index (χ2n) is 4.97. The Hall–Kier alpha value is -2.01. The zero-order valence-electron chi connectivity index (χ0n) is 12.0. The van der Waals surface area contributed by atoms with Crippen LogP contribution in [0.4, 0.5) is 0 Å². The Morgan fingerprint density at radius 1 is 1.48 bits per heavy atom. The number of hydrogen-bond acceptors (Lipinski definition) is 4. The number of Topliss-reactive ketones (excluding diaryl/α,β-unsaturated/α-hetero) is 1. The Morgan fingerprint density at radius 2 is 2.14 bits per heavy atom. The van der Waals surface area contributed by atoms with E-state index < -0.39 is 11.8 Å². The lowest BCUT2D eigenvalue weighted by Crippen LogP contribution is -2.55. The molecule has 2 rings (SSSR count). The summed E-state index contributed by atoms with van der Waals surface area (Å²) >= 11 is 0. The highest BCUT2D eigenvalue weighted by atomic mass is 16.5. The third kappa shape index (κ3) is 3.03. The van der Waals surface area contributed by atoms with E-state index in [0.29, 0.717) is 12.0 Å². The van der Waals surface area contributed by atoms with Crippen LogP contribution in [0.3, 0.4) is 0 Å². The summed E-state index contributed by atoms with van der Waals surface area (Å²) in [5.74, 6) is -0.308. The van der Waals surface area contributed by atoms with Crippen LogP contribution in [-0.2, 0) is 4.74 Å². The number of benzene rings is 1. The summed E-state index contributed by atoms with van der Waals surface area (Å²) in [6.07, 6.45) is 4.85. The molecule has 0 aliphatic heterocycles. The normalized spacial score (nSPS) is 25.0. The van der Waals surface area contributed by atoms with Crippen LogP contribution in [-0.4, -0.2) is 29.8 Å². The molecule has 21 heavy (non-hydrogen) atoms. The van der Waals surface area contributed by atoms with Gasteiger partial charge in [0.1, 0.15) is 6.10 Å². The van der Waals surface area contributed by atoms with Crippen LogP contribution in [0.5, 0.6) is 0 Å². The highest BCUT2D eigenvalue weighted by Gasteiger charge is 2.41. The van der Waals surface area contributed by atoms with Crippen LogP contribution in [0.25, 0.3) is 0 Å². The van der Waals surface area contributed by atoms with Crippen molar-refractivity contribution in [1.29, 1.82) is 0 Å². The molecule has 1 aliphatic rings. The summed E-state index contributed by atoms with van der Waals surface area (Å²) in [4.78, 5) is 12.6. The fraction of sp³-hybridized carbons (Fsp3) is 0.235. The number of aliphatic hydroxyl groups is 1. The molecule has 2 unspecified atom stereocenters. The van der Waals surface area contributed by atoms with Gasteiger partial charge < -0.3 is 9.84 Å². The molecule has 0 spiro atoms. The van der Waals surface area contributed by atoms with Crippen molar-refractivity contribution in [3.63, 3.8) is 0 Å². The van der Waals surface area contributed by atoms with Gasteiger partial charge in [0.2, 0.25) is 0 Å². The SMILES string of the molecule is C=CCC1=CC(OC)C(N)(O)C(C(=O)c2ccccc2)=C1. The fourth-order valence-electron chi connectivity index (χ4n) is 2.36. The Labute approximate surface area is 124 Å². The number of rotatable bonds is 5. The van der Waals surface area contributed by atoms with E-state index >= 15 is 0 Å². The first-order chi connectivity index (χ1) is 10.0. The maximum Gasteiger partial charge on any atom is 0.193 e. The lowest BCUT2D eigenvalue weighted by molar-refractivity contribution is -0.0414. The number of allylic oxidation sites excluding steroid dienone is 3. The topological polar surface area (TPSA) is 72.6 Å². The largest absolute Gasteiger partial charge is 0.373 e. The predicted molar refractivity (Wildman–Crippen MR) is 81.7 cm³/mol. The molecule has 4 nitrogen and oxygen atoms in total. The first-order valence-corrected chi connectivity index (χ1v) is 6.68. The molecular formula is C17H19NO3. The molecule has 1 aliphatic carbocycles. The molecule has 0 saturated carbocycles. The molecule has 110 valence electrons. The Balaban J connectivity index is 2.45. The molecule has 0 bridgehead atoms. The van der Waals surface area contributed by atoms with Gasteiger partial charge in [0.15, 0.2) is 11.5 Å². The van der Waals surface area contributed by atoms with Crippen molar-refractivity contribution >= 4 is 5.78 Å². The third-order valence-electron chi connectivity index (χ3n) is 3.47. The fourth-order valence-corrected chi connectivity index (χ4v) is 2.36. The van der Waals surface area contributed by atoms with Gasteiger partial charge in [-0.3, -0.25) is 10.5 Å². The van der Waals surface area contributed by atoms with Crippen LogP contribution in [0.2, 0.25) is 0 Å². The van der Waals surface area contributed by atoms with Gasteiger partial charge in [-0.25, -0.2) is 0 Å². The highest BCUT2D eigenvalue weighted by Crippen LogP contribution is 2.30. The van der Waals surface area contributed by atoms with E-state index in [-0.39, 0.29) is 11.4 Å². The Kier molecular flexibility index (Phi) is 4.53. The first kappa shape index (κ1) is 15.4. The lowest BCUT2D eigenvalue weighted by atomic mass is 9.84. The minimum Gasteiger partial charge on any atom is -0.373 e. The Bertz CT molecular complexity index is 600. The third-order valence-corrected chi connectivity index (χ3v) is 3.47. The number of ketones is 1. The quantitative estimate of drug-likeness (QED) is 0.493. The molecule has 4 heteroatoms. The van der Waals surface area contributed by atoms with Gasteiger partial charge in [0.05, 0.1) is 0 Å². The van der Waals surface area contributed by atoms with Crippen molar-refractivity contribution in [2.24, 2.45) is 5.73 Å². The lowest BCUT2D eigenvalue weighted by Gasteiger charge is -2.34. The summed E-state index contributed by atoms with van der Waals surface area (Å²) in [5, 5.41) is 10.5. The summed E-state index contributed by atoms with van der Waals surface area (Å²) in [7, 11) is 1.44. The average molecular weight is 285 g/mol. The van der Waals surface area contributed by atoms with Gasteiger partial charge in [0.25, 0.3) is 0 Å². The van der Waals surface area contributed by atoms with Crippen LogP contribution >= 0.6 is 0 Å². The molecule has 3 N–H and O–H groups in total. The van der Waals surface area contributed by atoms with E-state index in [1.807, 2.05) is 6.07 Å². The molecule has 0 saturated heterocycles. The van der Waals surface area contributed by atoms with Gasteiger partial charge >= 0.3 is 0 Å². The molecule has 0 heterocycles. The highest BCUT2D eigenvalue weighted by molar-refractivity contribution is 6.10. The van der Waals surface area contributed by atoms with E-state index in [1.165, 1.54) is 7.11 Å². The summed E-state index contributed by atoms with van der Waals surface area (Å²) in [6, 6.07) is 8.72. The maximum absolute atomic E-state index is 12.6. The van der Waals surface area contributed by atoms with Crippen molar-refractivity contribution in [1.82, 2.24) is 0 Å². The van der Waals surface area contributed by atoms with E-state index in [9.17, 15) is 9.90 Å². The second kappa shape index (κ2) is 6.18. The molecule has 1 aromatic rings. The molecule has 1 aromatic carbocycles. The summed E-state index contributed by atoms with van der Waals surface area (Å²) in [6.45, 7) is 3.68. The van der Waals surface area contributed by atoms with Crippen molar-refractivity contribution in [2.45, 2.75) is 18.2 Å². The van der Waals surface area contributed by atoms with Gasteiger partial charge in [-0.15, -0.1) is 6.58 Å². The molecular weight excluding hydrogens is 266 g/mol. The second-order valence-corrected chi connectivity index (χ2v) is 4.97. The van der Waals surface area contributed by atoms with Crippen molar-refractivity contribution < 1.29 is 14.6 Å². The summed E-state index contributed by atoms with van der Waals surface area (Å²) < 4.78 is 5.22. The number of methoxy groups -OCH3 is 1. The molecule has 2 atom stereocenters. The van der Waals surface area contributed by atoms with E-state index in [2.05, 4.69) is 6.58 Å². The number of nitrogens with two attached hydrogens (primary N) is 1. The van der Waals surface area contributed by atoms with Crippen molar-refractivity contribution in [3.05, 3.63) is 71.8 Å². The van der Waals surface area contributed by atoms with E-state index in [0.717, 1.165) is 5.57 Å². The van der Waals surface area contributed by atoms with Gasteiger partial charge in [-0.2, -0.15) is 0 Å². The predicted octanol–water partition coefficient (Wildman–Crippen LogP) is 1.97. The van der Waals surface area contributed by atoms with Gasteiger partial charge in [-0.05, 0) is 24.1 Å². The number of hydrogen-bond donors (Lipinski definition) is 2. The van der Waals surface area contributed by atoms with E-state index in [4.69, 9.17) is 10.5 Å². The number of carbonyl (C=O) groups is 1. The zero-order chi connectivity index (χ0) is 15.5. The van der Waals surface area contributed by atoms with Crippen LogP contribution in [0.1, 0.15) is 16.8 Å². The minimum atomic E-state index is -1.85. The standard InChI is InChI=1S/C17H19NO3/c1-3-7-12-10-14(17(18,20)15(11-12)21-2)16(19)13-8-5-4-6-9-13/h3-6,8-11,15,20H,1,7,18H2,2H3. The minimum absolute atomic E-state index is 0.125. The Morgan fingerprint density at radius 3 is 2.71 bits per heavy atom. The maximum atomic E-state index is 12.6. The first-order valence-electron chi connectivity index (χ1n) is 6.68. The van der Waals surface area contributed by atoms with Crippen molar-refractivity contribution in [3.8, 4) is 0 Å². The molecule has 0 amide bonds. The van der Waals surface area contributed by atoms with Crippen molar-refractivity contribution in [2.75, 3.05) is 7.11 Å².